The Balaban J connectivity index is 1.78. The molecule has 1 unspecified atom stereocenters. The normalized spacial score (nSPS) is 11.9. The zero-order valence-corrected chi connectivity index (χ0v) is 26.8. The molecule has 4 aromatic carbocycles. The molecule has 0 radical (unpaired) electrons. The summed E-state index contributed by atoms with van der Waals surface area (Å²) in [6, 6.07) is 29.1. The van der Waals surface area contributed by atoms with E-state index in [0.29, 0.717) is 17.3 Å². The molecule has 0 aliphatic heterocycles. The number of anilines is 1. The van der Waals surface area contributed by atoms with Crippen LogP contribution < -0.4 is 9.62 Å². The Morgan fingerprint density at radius 2 is 1.39 bits per heavy atom. The van der Waals surface area contributed by atoms with Gasteiger partial charge >= 0.3 is 0 Å². The lowest BCUT2D eigenvalue weighted by Crippen LogP contribution is -2.53. The molecule has 1 N–H and O–H groups in total. The van der Waals surface area contributed by atoms with Gasteiger partial charge in [0.15, 0.2) is 0 Å². The molecule has 7 nitrogen and oxygen atoms in total. The second-order valence-corrected chi connectivity index (χ2v) is 13.1. The second-order valence-electron chi connectivity index (χ2n) is 10.8. The minimum Gasteiger partial charge on any atom is -0.354 e. The first-order valence-electron chi connectivity index (χ1n) is 14.6. The number of nitrogens with zero attached hydrogens (tertiary/aromatic N) is 2. The maximum atomic E-state index is 14.4. The molecule has 0 heterocycles. The van der Waals surface area contributed by atoms with Crippen LogP contribution in [0.15, 0.2) is 108 Å². The summed E-state index contributed by atoms with van der Waals surface area (Å²) >= 11 is 6.05. The highest BCUT2D eigenvalue weighted by molar-refractivity contribution is 7.92. The lowest BCUT2D eigenvalue weighted by Gasteiger charge is -2.34. The van der Waals surface area contributed by atoms with Gasteiger partial charge in [0.25, 0.3) is 10.0 Å². The van der Waals surface area contributed by atoms with Gasteiger partial charge < -0.3 is 10.2 Å². The average Bonchev–Trinajstić information content (AvgIpc) is 3.02. The topological polar surface area (TPSA) is 86.8 Å². The Morgan fingerprint density at radius 1 is 0.795 bits per heavy atom. The lowest BCUT2D eigenvalue weighted by atomic mass is 10.0. The monoisotopic (exact) mass is 631 g/mol. The van der Waals surface area contributed by atoms with Crippen molar-refractivity contribution in [2.24, 2.45) is 0 Å². The van der Waals surface area contributed by atoms with Crippen LogP contribution in [0.5, 0.6) is 0 Å². The molecule has 0 spiro atoms. The van der Waals surface area contributed by atoms with Gasteiger partial charge in [-0.15, -0.1) is 0 Å². The third-order valence-corrected chi connectivity index (χ3v) is 9.34. The van der Waals surface area contributed by atoms with Crippen LogP contribution in [0.2, 0.25) is 5.02 Å². The van der Waals surface area contributed by atoms with Crippen molar-refractivity contribution < 1.29 is 18.0 Å². The fourth-order valence-electron chi connectivity index (χ4n) is 4.78. The molecule has 1 atom stereocenters. The van der Waals surface area contributed by atoms with Crippen molar-refractivity contribution in [3.63, 3.8) is 0 Å². The van der Waals surface area contributed by atoms with E-state index < -0.39 is 28.5 Å². The van der Waals surface area contributed by atoms with Crippen molar-refractivity contribution in [2.45, 2.75) is 51.1 Å². The molecular weight excluding hydrogens is 594 g/mol. The minimum absolute atomic E-state index is 0.00174. The molecule has 0 fully saturated rings. The first-order chi connectivity index (χ1) is 21.1. The molecule has 2 amide bonds. The van der Waals surface area contributed by atoms with Crippen LogP contribution in [0.4, 0.5) is 5.69 Å². The van der Waals surface area contributed by atoms with Crippen molar-refractivity contribution in [3.8, 4) is 0 Å². The molecule has 0 saturated heterocycles. The SMILES string of the molecule is CCCNC(=O)C(Cc1ccccc1)N(Cc1ccc(C)cc1)C(=O)CN(c1ccc(C)cc1)S(=O)(=O)c1ccc(Cl)cc1. The van der Waals surface area contributed by atoms with Crippen LogP contribution in [0, 0.1) is 13.8 Å². The molecule has 0 saturated carbocycles. The smallest absolute Gasteiger partial charge is 0.264 e. The van der Waals surface area contributed by atoms with Crippen LogP contribution in [0.25, 0.3) is 0 Å². The second kappa shape index (κ2) is 15.0. The number of hydrogen-bond donors (Lipinski definition) is 1. The van der Waals surface area contributed by atoms with Gasteiger partial charge in [0, 0.05) is 24.5 Å². The Morgan fingerprint density at radius 3 is 1.98 bits per heavy atom. The fourth-order valence-corrected chi connectivity index (χ4v) is 6.32. The minimum atomic E-state index is -4.18. The third-order valence-electron chi connectivity index (χ3n) is 7.30. The highest BCUT2D eigenvalue weighted by atomic mass is 35.5. The van der Waals surface area contributed by atoms with Gasteiger partial charge in [0.1, 0.15) is 12.6 Å². The molecule has 0 aliphatic rings. The first kappa shape index (κ1) is 32.8. The van der Waals surface area contributed by atoms with Crippen molar-refractivity contribution in [3.05, 3.63) is 130 Å². The van der Waals surface area contributed by atoms with Crippen LogP contribution in [0.1, 0.15) is 35.6 Å². The van der Waals surface area contributed by atoms with Crippen molar-refractivity contribution in [1.82, 2.24) is 10.2 Å². The van der Waals surface area contributed by atoms with Crippen molar-refractivity contribution >= 4 is 39.1 Å². The predicted octanol–water partition coefficient (Wildman–Crippen LogP) is 6.32. The number of benzene rings is 4. The van der Waals surface area contributed by atoms with E-state index in [-0.39, 0.29) is 23.8 Å². The first-order valence-corrected chi connectivity index (χ1v) is 16.4. The number of halogens is 1. The Bertz CT molecular complexity index is 1640. The molecule has 0 aromatic heterocycles. The van der Waals surface area contributed by atoms with E-state index in [4.69, 9.17) is 11.6 Å². The highest BCUT2D eigenvalue weighted by Crippen LogP contribution is 2.26. The van der Waals surface area contributed by atoms with E-state index in [2.05, 4.69) is 5.32 Å². The quantitative estimate of drug-likeness (QED) is 0.187. The van der Waals surface area contributed by atoms with E-state index in [1.54, 1.807) is 24.3 Å². The summed E-state index contributed by atoms with van der Waals surface area (Å²) in [6.45, 7) is 5.91. The van der Waals surface area contributed by atoms with E-state index in [1.807, 2.05) is 75.4 Å². The standard InChI is InChI=1S/C35H38ClN3O4S/c1-4-22-37-35(41)33(23-28-8-6-5-7-9-28)38(24-29-14-10-26(2)11-15-29)34(40)25-39(31-18-12-27(3)13-19-31)44(42,43)32-20-16-30(36)17-21-32/h5-21,33H,4,22-25H2,1-3H3,(H,37,41). The zero-order chi connectivity index (χ0) is 31.7. The molecule has 4 rings (SSSR count). The molecule has 9 heteroatoms. The number of aryl methyl sites for hydroxylation is 2. The average molecular weight is 632 g/mol. The van der Waals surface area contributed by atoms with E-state index >= 15 is 0 Å². The van der Waals surface area contributed by atoms with Gasteiger partial charge in [-0.2, -0.15) is 0 Å². The number of amides is 2. The van der Waals surface area contributed by atoms with Crippen LogP contribution in [-0.4, -0.2) is 44.3 Å². The van der Waals surface area contributed by atoms with Gasteiger partial charge in [-0.25, -0.2) is 8.42 Å². The molecule has 4 aromatic rings. The summed E-state index contributed by atoms with van der Waals surface area (Å²) in [4.78, 5) is 29.6. The van der Waals surface area contributed by atoms with E-state index in [9.17, 15) is 18.0 Å². The van der Waals surface area contributed by atoms with Gasteiger partial charge in [0.2, 0.25) is 11.8 Å². The number of sulfonamides is 1. The maximum absolute atomic E-state index is 14.4. The summed E-state index contributed by atoms with van der Waals surface area (Å²) in [7, 11) is -4.18. The van der Waals surface area contributed by atoms with Gasteiger partial charge in [0.05, 0.1) is 10.6 Å². The van der Waals surface area contributed by atoms with Crippen molar-refractivity contribution in [1.29, 1.82) is 0 Å². The Kier molecular flexibility index (Phi) is 11.2. The molecule has 230 valence electrons. The third kappa shape index (κ3) is 8.49. The predicted molar refractivity (Wildman–Crippen MR) is 176 cm³/mol. The Hall–Kier alpha value is -4.14. The number of rotatable bonds is 13. The summed E-state index contributed by atoms with van der Waals surface area (Å²) in [5.74, 6) is -0.796. The van der Waals surface area contributed by atoms with Crippen molar-refractivity contribution in [2.75, 3.05) is 17.4 Å². The zero-order valence-electron chi connectivity index (χ0n) is 25.2. The van der Waals surface area contributed by atoms with Crippen LogP contribution >= 0.6 is 11.6 Å². The number of nitrogens with one attached hydrogen (secondary N) is 1. The van der Waals surface area contributed by atoms with Gasteiger partial charge in [-0.1, -0.05) is 96.4 Å². The molecule has 0 aliphatic carbocycles. The molecule has 44 heavy (non-hydrogen) atoms. The van der Waals surface area contributed by atoms with E-state index in [1.165, 1.54) is 29.2 Å². The number of carbonyl (C=O) groups excluding carboxylic acids is 2. The lowest BCUT2D eigenvalue weighted by molar-refractivity contribution is -0.140. The van der Waals surface area contributed by atoms with Gasteiger partial charge in [-0.3, -0.25) is 13.9 Å². The van der Waals surface area contributed by atoms with Crippen LogP contribution in [0.3, 0.4) is 0 Å². The Labute approximate surface area is 265 Å². The number of hydrogen-bond acceptors (Lipinski definition) is 4. The van der Waals surface area contributed by atoms with Crippen LogP contribution in [-0.2, 0) is 32.6 Å². The highest BCUT2D eigenvalue weighted by Gasteiger charge is 2.34. The molecular formula is C35H38ClN3O4S. The van der Waals surface area contributed by atoms with Gasteiger partial charge in [-0.05, 0) is 67.8 Å². The maximum Gasteiger partial charge on any atom is 0.264 e. The fraction of sp³-hybridized carbons (Fsp3) is 0.257. The summed E-state index contributed by atoms with van der Waals surface area (Å²) < 4.78 is 29.2. The largest absolute Gasteiger partial charge is 0.354 e. The summed E-state index contributed by atoms with van der Waals surface area (Å²) in [5.41, 5.74) is 4.06. The summed E-state index contributed by atoms with van der Waals surface area (Å²) in [6.07, 6.45) is 0.999. The van der Waals surface area contributed by atoms with E-state index in [0.717, 1.165) is 33.0 Å². The molecule has 0 bridgehead atoms. The summed E-state index contributed by atoms with van der Waals surface area (Å²) in [5, 5.41) is 3.35. The number of carbonyl (C=O) groups is 2.